The lowest BCUT2D eigenvalue weighted by Crippen LogP contribution is -2.52. The lowest BCUT2D eigenvalue weighted by molar-refractivity contribution is -0.123. The van der Waals surface area contributed by atoms with E-state index in [-0.39, 0.29) is 16.7 Å². The Hall–Kier alpha value is -2.43. The fourth-order valence-electron chi connectivity index (χ4n) is 3.72. The molecule has 2 heterocycles. The van der Waals surface area contributed by atoms with Gasteiger partial charge in [-0.15, -0.1) is 5.10 Å². The number of amides is 1. The summed E-state index contributed by atoms with van der Waals surface area (Å²) < 4.78 is 0. The molecule has 5 nitrogen and oxygen atoms in total. The van der Waals surface area contributed by atoms with Crippen molar-refractivity contribution < 1.29 is 4.79 Å². The van der Waals surface area contributed by atoms with Gasteiger partial charge in [0, 0.05) is 31.0 Å². The molecule has 4 rings (SSSR count). The molecule has 1 saturated carbocycles. The molecule has 1 N–H and O–H groups in total. The summed E-state index contributed by atoms with van der Waals surface area (Å²) in [4.78, 5) is 14.9. The van der Waals surface area contributed by atoms with Crippen molar-refractivity contribution in [2.75, 3.05) is 24.5 Å². The number of hydrogen-bond donors (Lipinski definition) is 1. The molecule has 2 aliphatic rings. The molecule has 0 bridgehead atoms. The molecule has 0 spiro atoms. The second-order valence-electron chi connectivity index (χ2n) is 8.96. The summed E-state index contributed by atoms with van der Waals surface area (Å²) >= 11 is 0. The van der Waals surface area contributed by atoms with Crippen LogP contribution in [0.2, 0.25) is 0 Å². The van der Waals surface area contributed by atoms with Crippen LogP contribution >= 0.6 is 0 Å². The van der Waals surface area contributed by atoms with Gasteiger partial charge in [-0.2, -0.15) is 5.10 Å². The molecule has 27 heavy (non-hydrogen) atoms. The van der Waals surface area contributed by atoms with Crippen LogP contribution in [-0.4, -0.2) is 35.7 Å². The van der Waals surface area contributed by atoms with Crippen LogP contribution in [0.4, 0.5) is 5.82 Å². The average Bonchev–Trinajstić information content (AvgIpc) is 3.42. The van der Waals surface area contributed by atoms with Gasteiger partial charge in [-0.3, -0.25) is 4.79 Å². The van der Waals surface area contributed by atoms with Crippen LogP contribution in [0.1, 0.15) is 44.9 Å². The maximum absolute atomic E-state index is 12.7. The molecule has 5 heteroatoms. The van der Waals surface area contributed by atoms with Crippen LogP contribution in [0.5, 0.6) is 0 Å². The van der Waals surface area contributed by atoms with E-state index >= 15 is 0 Å². The monoisotopic (exact) mass is 364 g/mol. The van der Waals surface area contributed by atoms with E-state index in [9.17, 15) is 4.79 Å². The van der Waals surface area contributed by atoms with E-state index in [4.69, 9.17) is 0 Å². The molecule has 1 aliphatic heterocycles. The number of benzene rings is 1. The predicted molar refractivity (Wildman–Crippen MR) is 107 cm³/mol. The van der Waals surface area contributed by atoms with Crippen molar-refractivity contribution in [3.05, 3.63) is 53.7 Å². The van der Waals surface area contributed by atoms with Crippen molar-refractivity contribution in [2.24, 2.45) is 5.92 Å². The smallest absolute Gasteiger partial charge is 0.230 e. The molecule has 2 fully saturated rings. The molecule has 1 aliphatic carbocycles. The minimum absolute atomic E-state index is 0.0187. The molecule has 0 atom stereocenters. The molecule has 1 aromatic heterocycles. The zero-order valence-electron chi connectivity index (χ0n) is 16.4. The molecule has 1 amide bonds. The van der Waals surface area contributed by atoms with Crippen molar-refractivity contribution in [2.45, 2.75) is 44.4 Å². The highest BCUT2D eigenvalue weighted by Crippen LogP contribution is 2.48. The van der Waals surface area contributed by atoms with Crippen molar-refractivity contribution in [3.63, 3.8) is 0 Å². The van der Waals surface area contributed by atoms with Gasteiger partial charge in [0.2, 0.25) is 5.91 Å². The van der Waals surface area contributed by atoms with Crippen molar-refractivity contribution >= 4 is 11.7 Å². The second kappa shape index (κ2) is 6.63. The first-order valence-corrected chi connectivity index (χ1v) is 9.81. The fraction of sp³-hybridized carbons (Fsp3) is 0.500. The van der Waals surface area contributed by atoms with E-state index in [1.54, 1.807) is 0 Å². The largest absolute Gasteiger partial charge is 0.355 e. The Bertz CT molecular complexity index is 800. The summed E-state index contributed by atoms with van der Waals surface area (Å²) in [5.41, 5.74) is 1.89. The van der Waals surface area contributed by atoms with Gasteiger partial charge < -0.3 is 10.2 Å². The van der Waals surface area contributed by atoms with Gasteiger partial charge in [0.05, 0.1) is 11.1 Å². The Morgan fingerprint density at radius 1 is 1.11 bits per heavy atom. The Balaban J connectivity index is 1.27. The Labute approximate surface area is 161 Å². The first-order chi connectivity index (χ1) is 12.9. The molecule has 0 radical (unpaired) electrons. The number of nitrogens with zero attached hydrogens (tertiary/aromatic N) is 3. The Morgan fingerprint density at radius 3 is 2.37 bits per heavy atom. The highest BCUT2D eigenvalue weighted by molar-refractivity contribution is 5.91. The maximum Gasteiger partial charge on any atom is 0.230 e. The van der Waals surface area contributed by atoms with Crippen LogP contribution in [0.25, 0.3) is 0 Å². The highest BCUT2D eigenvalue weighted by atomic mass is 16.2. The number of nitrogens with one attached hydrogen (secondary N) is 1. The third kappa shape index (κ3) is 3.55. The molecule has 0 unspecified atom stereocenters. The molecular formula is C22H28N4O. The molecule has 1 saturated heterocycles. The first-order valence-electron chi connectivity index (χ1n) is 9.81. The van der Waals surface area contributed by atoms with Crippen LogP contribution in [0, 0.1) is 5.92 Å². The number of aromatic nitrogens is 2. The summed E-state index contributed by atoms with van der Waals surface area (Å²) in [6.45, 7) is 8.99. The molecular weight excluding hydrogens is 336 g/mol. The average molecular weight is 364 g/mol. The topological polar surface area (TPSA) is 58.1 Å². The van der Waals surface area contributed by atoms with Crippen LogP contribution in [0.3, 0.4) is 0 Å². The minimum Gasteiger partial charge on any atom is -0.355 e. The zero-order chi connectivity index (χ0) is 19.1. The third-order valence-corrected chi connectivity index (χ3v) is 5.76. The zero-order valence-corrected chi connectivity index (χ0v) is 16.4. The molecule has 1 aromatic carbocycles. The van der Waals surface area contributed by atoms with Crippen LogP contribution < -0.4 is 10.2 Å². The summed E-state index contributed by atoms with van der Waals surface area (Å²) in [7, 11) is 0. The van der Waals surface area contributed by atoms with E-state index in [1.165, 1.54) is 0 Å². The van der Waals surface area contributed by atoms with E-state index in [2.05, 4.69) is 65.5 Å². The van der Waals surface area contributed by atoms with Crippen molar-refractivity contribution in [3.8, 4) is 0 Å². The van der Waals surface area contributed by atoms with Gasteiger partial charge in [-0.25, -0.2) is 0 Å². The minimum atomic E-state index is -0.279. The van der Waals surface area contributed by atoms with E-state index in [1.807, 2.05) is 18.2 Å². The second-order valence-corrected chi connectivity index (χ2v) is 8.96. The van der Waals surface area contributed by atoms with E-state index in [0.29, 0.717) is 5.92 Å². The summed E-state index contributed by atoms with van der Waals surface area (Å²) in [6, 6.07) is 14.3. The highest BCUT2D eigenvalue weighted by Gasteiger charge is 2.51. The molecule has 142 valence electrons. The SMILES string of the molecule is CC(C)(C)c1ccc(N2CC(CNC(=O)C3(c4ccccc4)CC3)C2)nn1. The van der Waals surface area contributed by atoms with Gasteiger partial charge in [0.1, 0.15) is 0 Å². The van der Waals surface area contributed by atoms with Gasteiger partial charge in [-0.05, 0) is 30.5 Å². The number of hydrogen-bond acceptors (Lipinski definition) is 4. The predicted octanol–water partition coefficient (Wildman–Crippen LogP) is 3.06. The Kier molecular flexibility index (Phi) is 4.41. The third-order valence-electron chi connectivity index (χ3n) is 5.76. The summed E-state index contributed by atoms with van der Waals surface area (Å²) in [6.07, 6.45) is 1.91. The van der Waals surface area contributed by atoms with Crippen molar-refractivity contribution in [1.82, 2.24) is 15.5 Å². The quantitative estimate of drug-likeness (QED) is 0.886. The van der Waals surface area contributed by atoms with Gasteiger partial charge in [0.25, 0.3) is 0 Å². The number of carbonyl (C=O) groups excluding carboxylic acids is 1. The summed E-state index contributed by atoms with van der Waals surface area (Å²) in [5.74, 6) is 1.58. The summed E-state index contributed by atoms with van der Waals surface area (Å²) in [5, 5.41) is 11.9. The van der Waals surface area contributed by atoms with Gasteiger partial charge in [-0.1, -0.05) is 51.1 Å². The standard InChI is InChI=1S/C22H28N4O/c1-21(2,3)18-9-10-19(25-24-18)26-14-16(15-26)13-23-20(27)22(11-12-22)17-7-5-4-6-8-17/h4-10,16H,11-15H2,1-3H3,(H,23,27). The van der Waals surface area contributed by atoms with E-state index in [0.717, 1.165) is 49.6 Å². The molecule has 2 aromatic rings. The fourth-order valence-corrected chi connectivity index (χ4v) is 3.72. The lowest BCUT2D eigenvalue weighted by atomic mass is 9.92. The van der Waals surface area contributed by atoms with E-state index < -0.39 is 0 Å². The maximum atomic E-state index is 12.7. The van der Waals surface area contributed by atoms with Crippen molar-refractivity contribution in [1.29, 1.82) is 0 Å². The lowest BCUT2D eigenvalue weighted by Gasteiger charge is -2.40. The normalized spacial score (nSPS) is 18.7. The number of anilines is 1. The van der Waals surface area contributed by atoms with Gasteiger partial charge >= 0.3 is 0 Å². The van der Waals surface area contributed by atoms with Crippen LogP contribution in [0.15, 0.2) is 42.5 Å². The first kappa shape index (κ1) is 18.0. The number of carbonyl (C=O) groups is 1. The Morgan fingerprint density at radius 2 is 1.81 bits per heavy atom. The van der Waals surface area contributed by atoms with Crippen LogP contribution in [-0.2, 0) is 15.6 Å². The van der Waals surface area contributed by atoms with Gasteiger partial charge in [0.15, 0.2) is 5.82 Å². The number of rotatable bonds is 5.